The fourth-order valence-electron chi connectivity index (χ4n) is 4.39. The first-order valence-corrected chi connectivity index (χ1v) is 10.5. The van der Waals surface area contributed by atoms with E-state index in [2.05, 4.69) is 15.2 Å². The maximum absolute atomic E-state index is 13.3. The molecule has 1 aliphatic rings. The van der Waals surface area contributed by atoms with Crippen molar-refractivity contribution < 1.29 is 13.2 Å². The van der Waals surface area contributed by atoms with Crippen LogP contribution < -0.4 is 5.32 Å². The molecule has 0 bridgehead atoms. The van der Waals surface area contributed by atoms with Crippen molar-refractivity contribution in [3.8, 4) is 5.69 Å². The molecule has 1 aliphatic heterocycles. The van der Waals surface area contributed by atoms with E-state index in [0.29, 0.717) is 17.3 Å². The molecule has 1 saturated heterocycles. The molecule has 0 saturated carbocycles. The standard InChI is InChI=1S/C23H23F3N4S/c1-4-29-21(20(28-22(29)31)19-10-5-6-11-27-19)18-12-14(2)30(15(18)3)17-9-7-8-16(13-17)23(24,25)26/h5-13,20-21H,4H2,1-3H3,(H,28,31). The van der Waals surface area contributed by atoms with E-state index in [1.165, 1.54) is 12.1 Å². The predicted molar refractivity (Wildman–Crippen MR) is 118 cm³/mol. The summed E-state index contributed by atoms with van der Waals surface area (Å²) in [7, 11) is 0. The van der Waals surface area contributed by atoms with E-state index < -0.39 is 11.7 Å². The molecule has 2 aromatic heterocycles. The highest BCUT2D eigenvalue weighted by molar-refractivity contribution is 7.80. The molecule has 31 heavy (non-hydrogen) atoms. The number of halogens is 3. The van der Waals surface area contributed by atoms with Crippen molar-refractivity contribution in [1.82, 2.24) is 19.8 Å². The van der Waals surface area contributed by atoms with E-state index in [4.69, 9.17) is 12.2 Å². The van der Waals surface area contributed by atoms with Crippen molar-refractivity contribution in [2.45, 2.75) is 39.0 Å². The Bertz CT molecular complexity index is 1110. The Morgan fingerprint density at radius 1 is 1.10 bits per heavy atom. The van der Waals surface area contributed by atoms with E-state index in [9.17, 15) is 13.2 Å². The second-order valence-electron chi connectivity index (χ2n) is 7.62. The summed E-state index contributed by atoms with van der Waals surface area (Å²) >= 11 is 5.58. The zero-order chi connectivity index (χ0) is 22.3. The normalized spacial score (nSPS) is 19.0. The van der Waals surface area contributed by atoms with Gasteiger partial charge in [-0.25, -0.2) is 0 Å². The zero-order valence-electron chi connectivity index (χ0n) is 17.4. The summed E-state index contributed by atoms with van der Waals surface area (Å²) in [5, 5.41) is 4.03. The van der Waals surface area contributed by atoms with Crippen LogP contribution in [-0.4, -0.2) is 26.1 Å². The third kappa shape index (κ3) is 3.80. The summed E-state index contributed by atoms with van der Waals surface area (Å²) in [4.78, 5) is 6.62. The highest BCUT2D eigenvalue weighted by Gasteiger charge is 2.40. The number of rotatable bonds is 4. The monoisotopic (exact) mass is 444 g/mol. The Balaban J connectivity index is 1.83. The smallest absolute Gasteiger partial charge is 0.352 e. The van der Waals surface area contributed by atoms with Gasteiger partial charge in [0, 0.05) is 29.8 Å². The van der Waals surface area contributed by atoms with Crippen LogP contribution >= 0.6 is 12.2 Å². The van der Waals surface area contributed by atoms with Crippen LogP contribution in [0.1, 0.15) is 47.2 Å². The molecule has 4 nitrogen and oxygen atoms in total. The maximum atomic E-state index is 13.3. The molecule has 8 heteroatoms. The van der Waals surface area contributed by atoms with Gasteiger partial charge in [0.2, 0.25) is 0 Å². The number of aromatic nitrogens is 2. The van der Waals surface area contributed by atoms with Crippen LogP contribution in [0.15, 0.2) is 54.7 Å². The highest BCUT2D eigenvalue weighted by Crippen LogP contribution is 2.41. The van der Waals surface area contributed by atoms with Crippen molar-refractivity contribution in [2.24, 2.45) is 0 Å². The van der Waals surface area contributed by atoms with Crippen LogP contribution in [0.2, 0.25) is 0 Å². The van der Waals surface area contributed by atoms with Crippen molar-refractivity contribution in [2.75, 3.05) is 6.54 Å². The van der Waals surface area contributed by atoms with E-state index in [1.807, 2.05) is 49.6 Å². The van der Waals surface area contributed by atoms with Gasteiger partial charge in [0.15, 0.2) is 5.11 Å². The Morgan fingerprint density at radius 3 is 2.52 bits per heavy atom. The first-order chi connectivity index (χ1) is 14.7. The van der Waals surface area contributed by atoms with Gasteiger partial charge in [0.05, 0.1) is 23.3 Å². The maximum Gasteiger partial charge on any atom is 0.416 e. The minimum atomic E-state index is -4.39. The van der Waals surface area contributed by atoms with Crippen LogP contribution in [0.25, 0.3) is 5.69 Å². The van der Waals surface area contributed by atoms with Crippen molar-refractivity contribution >= 4 is 17.3 Å². The molecule has 1 aromatic carbocycles. The molecule has 0 aliphatic carbocycles. The number of aryl methyl sites for hydroxylation is 1. The number of nitrogens with one attached hydrogen (secondary N) is 1. The summed E-state index contributed by atoms with van der Waals surface area (Å²) in [6, 6.07) is 13.0. The number of hydrogen-bond acceptors (Lipinski definition) is 2. The van der Waals surface area contributed by atoms with Crippen LogP contribution in [0.4, 0.5) is 13.2 Å². The molecule has 1 fully saturated rings. The first-order valence-electron chi connectivity index (χ1n) is 10.1. The quantitative estimate of drug-likeness (QED) is 0.539. The predicted octanol–water partition coefficient (Wildman–Crippen LogP) is 5.50. The van der Waals surface area contributed by atoms with Crippen molar-refractivity contribution in [1.29, 1.82) is 0 Å². The van der Waals surface area contributed by atoms with E-state index in [-0.39, 0.29) is 12.1 Å². The Labute approximate surface area is 184 Å². The summed E-state index contributed by atoms with van der Waals surface area (Å²) in [5.74, 6) is 0. The number of alkyl halides is 3. The van der Waals surface area contributed by atoms with Gasteiger partial charge >= 0.3 is 6.18 Å². The van der Waals surface area contributed by atoms with Gasteiger partial charge in [-0.15, -0.1) is 0 Å². The summed E-state index contributed by atoms with van der Waals surface area (Å²) in [6.45, 7) is 6.58. The number of hydrogen-bond donors (Lipinski definition) is 1. The molecule has 3 heterocycles. The Morgan fingerprint density at radius 2 is 1.87 bits per heavy atom. The fourth-order valence-corrected chi connectivity index (χ4v) is 4.76. The van der Waals surface area contributed by atoms with Gasteiger partial charge in [-0.2, -0.15) is 13.2 Å². The van der Waals surface area contributed by atoms with Gasteiger partial charge in [0.25, 0.3) is 0 Å². The molecule has 1 N–H and O–H groups in total. The largest absolute Gasteiger partial charge is 0.416 e. The summed E-state index contributed by atoms with van der Waals surface area (Å²) in [6.07, 6.45) is -2.64. The SMILES string of the molecule is CCN1C(=S)NC(c2ccccn2)C1c1cc(C)n(-c2cccc(C(F)(F)F)c2)c1C. The first kappa shape index (κ1) is 21.4. The summed E-state index contributed by atoms with van der Waals surface area (Å²) < 4.78 is 41.7. The Kier molecular flexibility index (Phi) is 5.51. The molecule has 0 radical (unpaired) electrons. The molecular weight excluding hydrogens is 421 g/mol. The molecule has 162 valence electrons. The van der Waals surface area contributed by atoms with Gasteiger partial charge in [0.1, 0.15) is 0 Å². The second kappa shape index (κ2) is 8.00. The number of thiocarbonyl (C=S) groups is 1. The van der Waals surface area contributed by atoms with Gasteiger partial charge < -0.3 is 14.8 Å². The van der Waals surface area contributed by atoms with Crippen LogP contribution in [0.3, 0.4) is 0 Å². The number of nitrogens with zero attached hydrogens (tertiary/aromatic N) is 3. The number of benzene rings is 1. The van der Waals surface area contributed by atoms with E-state index in [0.717, 1.165) is 28.7 Å². The Hall–Kier alpha value is -2.87. The average molecular weight is 445 g/mol. The molecule has 0 amide bonds. The molecule has 3 aromatic rings. The molecule has 2 atom stereocenters. The molecule has 0 spiro atoms. The highest BCUT2D eigenvalue weighted by atomic mass is 32.1. The van der Waals surface area contributed by atoms with Crippen molar-refractivity contribution in [3.05, 3.63) is 82.9 Å². The minimum absolute atomic E-state index is 0.113. The van der Waals surface area contributed by atoms with Crippen LogP contribution in [0.5, 0.6) is 0 Å². The average Bonchev–Trinajstić information content (AvgIpc) is 3.23. The lowest BCUT2D eigenvalue weighted by Crippen LogP contribution is -2.29. The third-order valence-corrected chi connectivity index (χ3v) is 6.11. The lowest BCUT2D eigenvalue weighted by molar-refractivity contribution is -0.137. The topological polar surface area (TPSA) is 33.1 Å². The van der Waals surface area contributed by atoms with Gasteiger partial charge in [-0.3, -0.25) is 4.98 Å². The molecule has 2 unspecified atom stereocenters. The fraction of sp³-hybridized carbons (Fsp3) is 0.304. The van der Waals surface area contributed by atoms with Crippen LogP contribution in [-0.2, 0) is 6.18 Å². The van der Waals surface area contributed by atoms with E-state index in [1.54, 1.807) is 12.3 Å². The van der Waals surface area contributed by atoms with Gasteiger partial charge in [-0.1, -0.05) is 12.1 Å². The lowest BCUT2D eigenvalue weighted by Gasteiger charge is -2.27. The number of pyridine rings is 1. The van der Waals surface area contributed by atoms with Gasteiger partial charge in [-0.05, 0) is 75.0 Å². The summed E-state index contributed by atoms with van der Waals surface area (Å²) in [5.41, 5.74) is 3.45. The van der Waals surface area contributed by atoms with Crippen molar-refractivity contribution in [3.63, 3.8) is 0 Å². The number of likely N-dealkylation sites (N-methyl/N-ethyl adjacent to an activating group) is 1. The van der Waals surface area contributed by atoms with E-state index >= 15 is 0 Å². The second-order valence-corrected chi connectivity index (χ2v) is 8.01. The minimum Gasteiger partial charge on any atom is -0.352 e. The molecular formula is C23H23F3N4S. The van der Waals surface area contributed by atoms with Crippen LogP contribution in [0, 0.1) is 13.8 Å². The lowest BCUT2D eigenvalue weighted by atomic mass is 9.97. The third-order valence-electron chi connectivity index (χ3n) is 5.76. The zero-order valence-corrected chi connectivity index (χ0v) is 18.3. The molecule has 4 rings (SSSR count).